The van der Waals surface area contributed by atoms with Crippen LogP contribution in [0.5, 0.6) is 0 Å². The summed E-state index contributed by atoms with van der Waals surface area (Å²) in [6.45, 7) is 4.95. The first-order valence-corrected chi connectivity index (χ1v) is 5.83. The number of carbonyl (C=O) groups excluding carboxylic acids is 1. The van der Waals surface area contributed by atoms with Crippen molar-refractivity contribution in [1.82, 2.24) is 10.2 Å². The van der Waals surface area contributed by atoms with E-state index in [2.05, 4.69) is 12.2 Å². The van der Waals surface area contributed by atoms with E-state index in [9.17, 15) is 4.79 Å². The van der Waals surface area contributed by atoms with Gasteiger partial charge in [-0.15, -0.1) is 0 Å². The smallest absolute Gasteiger partial charge is 0.239 e. The van der Waals surface area contributed by atoms with Gasteiger partial charge in [0.15, 0.2) is 0 Å². The maximum absolute atomic E-state index is 12.0. The summed E-state index contributed by atoms with van der Waals surface area (Å²) in [5.41, 5.74) is 0. The topological polar surface area (TPSA) is 32.3 Å². The highest BCUT2D eigenvalue weighted by molar-refractivity contribution is 5.82. The van der Waals surface area contributed by atoms with Gasteiger partial charge in [0, 0.05) is 13.1 Å². The molecule has 2 rings (SSSR count). The lowest BCUT2D eigenvalue weighted by Crippen LogP contribution is -2.44. The lowest BCUT2D eigenvalue weighted by molar-refractivity contribution is -0.133. The molecule has 3 heteroatoms. The molecule has 1 saturated heterocycles. The molecule has 0 bridgehead atoms. The van der Waals surface area contributed by atoms with E-state index < -0.39 is 0 Å². The Morgan fingerprint density at radius 1 is 1.43 bits per heavy atom. The quantitative estimate of drug-likeness (QED) is 0.727. The van der Waals surface area contributed by atoms with Gasteiger partial charge in [0.25, 0.3) is 0 Å². The van der Waals surface area contributed by atoms with E-state index in [1.54, 1.807) is 0 Å². The van der Waals surface area contributed by atoms with E-state index in [-0.39, 0.29) is 6.04 Å². The van der Waals surface area contributed by atoms with Crippen LogP contribution in [-0.2, 0) is 4.79 Å². The molecule has 0 spiro atoms. The van der Waals surface area contributed by atoms with Crippen LogP contribution in [0, 0.1) is 5.92 Å². The average molecular weight is 196 g/mol. The molecular weight excluding hydrogens is 176 g/mol. The van der Waals surface area contributed by atoms with Gasteiger partial charge in [-0.05, 0) is 45.1 Å². The molecule has 1 aliphatic carbocycles. The third kappa shape index (κ3) is 2.27. The minimum Gasteiger partial charge on any atom is -0.341 e. The zero-order valence-corrected chi connectivity index (χ0v) is 8.96. The van der Waals surface area contributed by atoms with Crippen LogP contribution >= 0.6 is 0 Å². The number of amides is 1. The maximum atomic E-state index is 12.0. The van der Waals surface area contributed by atoms with Crippen molar-refractivity contribution in [3.8, 4) is 0 Å². The zero-order chi connectivity index (χ0) is 9.97. The molecule has 1 atom stereocenters. The number of likely N-dealkylation sites (N-methyl/N-ethyl adjacent to an activating group) is 1. The molecule has 2 aliphatic rings. The Kier molecular flexibility index (Phi) is 3.06. The first-order valence-electron chi connectivity index (χ1n) is 5.83. The lowest BCUT2D eigenvalue weighted by Gasteiger charge is -2.24. The molecule has 3 nitrogen and oxygen atoms in total. The summed E-state index contributed by atoms with van der Waals surface area (Å²) in [6, 6.07) is 0.119. The molecule has 0 unspecified atom stereocenters. The number of carbonyl (C=O) groups is 1. The summed E-state index contributed by atoms with van der Waals surface area (Å²) >= 11 is 0. The van der Waals surface area contributed by atoms with Gasteiger partial charge in [-0.1, -0.05) is 0 Å². The monoisotopic (exact) mass is 196 g/mol. The van der Waals surface area contributed by atoms with Gasteiger partial charge in [0.1, 0.15) is 0 Å². The van der Waals surface area contributed by atoms with E-state index >= 15 is 0 Å². The lowest BCUT2D eigenvalue weighted by atomic mass is 10.2. The van der Waals surface area contributed by atoms with Crippen molar-refractivity contribution in [1.29, 1.82) is 0 Å². The average Bonchev–Trinajstić information content (AvgIpc) is 2.84. The molecule has 1 saturated carbocycles. The molecule has 0 radical (unpaired) electrons. The van der Waals surface area contributed by atoms with Gasteiger partial charge >= 0.3 is 0 Å². The predicted octanol–water partition coefficient (Wildman–Crippen LogP) is 0.997. The van der Waals surface area contributed by atoms with Gasteiger partial charge in [0.2, 0.25) is 5.91 Å². The van der Waals surface area contributed by atoms with Crippen LogP contribution < -0.4 is 5.32 Å². The minimum atomic E-state index is 0.119. The van der Waals surface area contributed by atoms with Gasteiger partial charge < -0.3 is 10.2 Å². The SMILES string of the molecule is CCN(CC1CC1)C(=O)[C@H]1CCCN1. The second kappa shape index (κ2) is 4.30. The van der Waals surface area contributed by atoms with Crippen LogP contribution in [-0.4, -0.2) is 36.5 Å². The third-order valence-electron chi connectivity index (χ3n) is 3.23. The van der Waals surface area contributed by atoms with E-state index in [0.717, 1.165) is 38.4 Å². The Labute approximate surface area is 85.8 Å². The summed E-state index contributed by atoms with van der Waals surface area (Å²) in [5.74, 6) is 1.14. The second-order valence-corrected chi connectivity index (χ2v) is 4.47. The highest BCUT2D eigenvalue weighted by Gasteiger charge is 2.30. The van der Waals surface area contributed by atoms with Crippen molar-refractivity contribution in [2.24, 2.45) is 5.92 Å². The summed E-state index contributed by atoms with van der Waals surface area (Å²) in [7, 11) is 0. The molecule has 0 aromatic rings. The molecule has 1 amide bonds. The van der Waals surface area contributed by atoms with Crippen LogP contribution in [0.3, 0.4) is 0 Å². The Balaban J connectivity index is 1.85. The summed E-state index contributed by atoms with van der Waals surface area (Å²) in [6.07, 6.45) is 4.82. The third-order valence-corrected chi connectivity index (χ3v) is 3.23. The molecule has 0 aromatic heterocycles. The van der Waals surface area contributed by atoms with Gasteiger partial charge in [-0.3, -0.25) is 4.79 Å². The molecule has 80 valence electrons. The molecule has 1 aliphatic heterocycles. The van der Waals surface area contributed by atoms with Crippen molar-refractivity contribution in [2.45, 2.75) is 38.6 Å². The molecule has 1 heterocycles. The molecule has 0 aromatic carbocycles. The van der Waals surface area contributed by atoms with Crippen LogP contribution in [0.4, 0.5) is 0 Å². The highest BCUT2D eigenvalue weighted by atomic mass is 16.2. The van der Waals surface area contributed by atoms with E-state index in [1.165, 1.54) is 12.8 Å². The summed E-state index contributed by atoms with van der Waals surface area (Å²) in [5, 5.41) is 3.27. The van der Waals surface area contributed by atoms with Gasteiger partial charge in [-0.25, -0.2) is 0 Å². The molecule has 14 heavy (non-hydrogen) atoms. The van der Waals surface area contributed by atoms with Crippen molar-refractivity contribution >= 4 is 5.91 Å². The van der Waals surface area contributed by atoms with Crippen molar-refractivity contribution in [2.75, 3.05) is 19.6 Å². The first-order chi connectivity index (χ1) is 6.81. The second-order valence-electron chi connectivity index (χ2n) is 4.47. The van der Waals surface area contributed by atoms with Crippen LogP contribution in [0.1, 0.15) is 32.6 Å². The minimum absolute atomic E-state index is 0.119. The van der Waals surface area contributed by atoms with E-state index in [4.69, 9.17) is 0 Å². The fraction of sp³-hybridized carbons (Fsp3) is 0.909. The fourth-order valence-corrected chi connectivity index (χ4v) is 2.10. The van der Waals surface area contributed by atoms with Crippen molar-refractivity contribution in [3.63, 3.8) is 0 Å². The maximum Gasteiger partial charge on any atom is 0.239 e. The number of rotatable bonds is 4. The van der Waals surface area contributed by atoms with E-state index in [0.29, 0.717) is 5.91 Å². The number of hydrogen-bond donors (Lipinski definition) is 1. The Bertz CT molecular complexity index is 207. The number of nitrogens with zero attached hydrogens (tertiary/aromatic N) is 1. The molecule has 1 N–H and O–H groups in total. The largest absolute Gasteiger partial charge is 0.341 e. The Hall–Kier alpha value is -0.570. The Morgan fingerprint density at radius 2 is 2.21 bits per heavy atom. The van der Waals surface area contributed by atoms with Gasteiger partial charge in [0.05, 0.1) is 6.04 Å². The number of hydrogen-bond acceptors (Lipinski definition) is 2. The van der Waals surface area contributed by atoms with Crippen molar-refractivity contribution < 1.29 is 4.79 Å². The predicted molar refractivity (Wildman–Crippen MR) is 56.0 cm³/mol. The van der Waals surface area contributed by atoms with Crippen LogP contribution in [0.2, 0.25) is 0 Å². The van der Waals surface area contributed by atoms with Gasteiger partial charge in [-0.2, -0.15) is 0 Å². The van der Waals surface area contributed by atoms with Crippen molar-refractivity contribution in [3.05, 3.63) is 0 Å². The normalized spacial score (nSPS) is 26.5. The Morgan fingerprint density at radius 3 is 2.71 bits per heavy atom. The number of nitrogens with one attached hydrogen (secondary N) is 1. The molecular formula is C11H20N2O. The summed E-state index contributed by atoms with van der Waals surface area (Å²) < 4.78 is 0. The van der Waals surface area contributed by atoms with Crippen LogP contribution in [0.15, 0.2) is 0 Å². The van der Waals surface area contributed by atoms with E-state index in [1.807, 2.05) is 4.90 Å². The molecule has 2 fully saturated rings. The standard InChI is InChI=1S/C11H20N2O/c1-2-13(8-9-5-6-9)11(14)10-4-3-7-12-10/h9-10,12H,2-8H2,1H3/t10-/m1/s1. The van der Waals surface area contributed by atoms with Crippen LogP contribution in [0.25, 0.3) is 0 Å². The fourth-order valence-electron chi connectivity index (χ4n) is 2.10. The highest BCUT2D eigenvalue weighted by Crippen LogP contribution is 2.30. The zero-order valence-electron chi connectivity index (χ0n) is 8.96. The first kappa shape index (κ1) is 9.97. The summed E-state index contributed by atoms with van der Waals surface area (Å²) in [4.78, 5) is 14.0.